The molecule has 124 valence electrons. The molecule has 0 aromatic heterocycles. The number of carbonyl (C=O) groups is 2. The molecule has 0 radical (unpaired) electrons. The molecule has 23 heavy (non-hydrogen) atoms. The number of hydrogen-bond acceptors (Lipinski definition) is 7. The minimum absolute atomic E-state index is 0.0529. The molecule has 0 aliphatic carbocycles. The molecule has 9 heteroatoms. The molecule has 0 fully saturated rings. The van der Waals surface area contributed by atoms with E-state index in [2.05, 4.69) is 15.9 Å². The molecule has 2 unspecified atom stereocenters. The lowest BCUT2D eigenvalue weighted by molar-refractivity contribution is -0.202. The van der Waals surface area contributed by atoms with Crippen LogP contribution in [0.1, 0.15) is 13.8 Å². The van der Waals surface area contributed by atoms with Crippen molar-refractivity contribution in [3.63, 3.8) is 0 Å². The van der Waals surface area contributed by atoms with Crippen LogP contribution in [0.15, 0.2) is 17.3 Å². The Hall–Kier alpha value is -2.53. The average molecular weight is 323 g/mol. The molecule has 0 bridgehead atoms. The zero-order valence-corrected chi connectivity index (χ0v) is 12.7. The molecule has 1 aliphatic rings. The van der Waals surface area contributed by atoms with E-state index in [0.29, 0.717) is 0 Å². The molecular formula is C14H17N3O6. The quantitative estimate of drug-likeness (QED) is 0.173. The molecule has 0 saturated heterocycles. The highest BCUT2D eigenvalue weighted by Crippen LogP contribution is 2.19. The standard InChI is InChI=1S/C14H17N3O6/c1-4-11(7-16-17-15)22-14-6-5-12(21-10(3)19)13(23-14)8-20-9(2)18/h1,5-6,11-14H,7-8H2,2-3H3/t11?,12-,13?,14-/m0/s1. The second kappa shape index (κ2) is 9.48. The fourth-order valence-electron chi connectivity index (χ4n) is 1.74. The van der Waals surface area contributed by atoms with Crippen LogP contribution in [-0.2, 0) is 28.5 Å². The van der Waals surface area contributed by atoms with Crippen LogP contribution in [0.3, 0.4) is 0 Å². The third-order valence-electron chi connectivity index (χ3n) is 2.68. The van der Waals surface area contributed by atoms with E-state index in [9.17, 15) is 9.59 Å². The van der Waals surface area contributed by atoms with Crippen LogP contribution in [0.25, 0.3) is 10.4 Å². The highest BCUT2D eigenvalue weighted by Gasteiger charge is 2.31. The molecule has 0 amide bonds. The first-order valence-electron chi connectivity index (χ1n) is 6.73. The van der Waals surface area contributed by atoms with E-state index in [1.165, 1.54) is 19.9 Å². The number of carbonyl (C=O) groups excluding carboxylic acids is 2. The zero-order chi connectivity index (χ0) is 17.2. The fourth-order valence-corrected chi connectivity index (χ4v) is 1.74. The first-order chi connectivity index (χ1) is 11.0. The second-order valence-corrected chi connectivity index (χ2v) is 4.51. The Labute approximate surface area is 133 Å². The Morgan fingerprint density at radius 3 is 2.74 bits per heavy atom. The van der Waals surface area contributed by atoms with Crippen LogP contribution in [0.4, 0.5) is 0 Å². The maximum Gasteiger partial charge on any atom is 0.303 e. The van der Waals surface area contributed by atoms with Gasteiger partial charge in [-0.15, -0.1) is 6.42 Å². The van der Waals surface area contributed by atoms with Crippen molar-refractivity contribution in [1.29, 1.82) is 0 Å². The van der Waals surface area contributed by atoms with Crippen LogP contribution < -0.4 is 0 Å². The lowest BCUT2D eigenvalue weighted by atomic mass is 10.1. The largest absolute Gasteiger partial charge is 0.463 e. The van der Waals surface area contributed by atoms with Crippen LogP contribution in [0.5, 0.6) is 0 Å². The van der Waals surface area contributed by atoms with Gasteiger partial charge in [0.1, 0.15) is 24.9 Å². The van der Waals surface area contributed by atoms with Crippen molar-refractivity contribution in [3.8, 4) is 12.3 Å². The van der Waals surface area contributed by atoms with E-state index in [4.69, 9.17) is 30.9 Å². The summed E-state index contributed by atoms with van der Waals surface area (Å²) in [7, 11) is 0. The fraction of sp³-hybridized carbons (Fsp3) is 0.571. The number of rotatable bonds is 7. The Bertz CT molecular complexity index is 549. The van der Waals surface area contributed by atoms with Crippen LogP contribution in [-0.4, -0.2) is 49.7 Å². The summed E-state index contributed by atoms with van der Waals surface area (Å²) < 4.78 is 21.0. The van der Waals surface area contributed by atoms with Gasteiger partial charge in [-0.2, -0.15) is 0 Å². The SMILES string of the molecule is C#CC(CN=[N+]=[N-])O[C@@H]1C=C[C@H](OC(C)=O)C(COC(C)=O)O1. The maximum atomic E-state index is 11.1. The third-order valence-corrected chi connectivity index (χ3v) is 2.68. The molecule has 4 atom stereocenters. The van der Waals surface area contributed by atoms with E-state index in [-0.39, 0.29) is 13.2 Å². The van der Waals surface area contributed by atoms with Gasteiger partial charge in [-0.3, -0.25) is 9.59 Å². The van der Waals surface area contributed by atoms with Gasteiger partial charge in [-0.25, -0.2) is 0 Å². The number of terminal acetylenes is 1. The topological polar surface area (TPSA) is 120 Å². The van der Waals surface area contributed by atoms with Gasteiger partial charge in [-0.1, -0.05) is 11.0 Å². The van der Waals surface area contributed by atoms with Crippen molar-refractivity contribution in [1.82, 2.24) is 0 Å². The molecule has 0 N–H and O–H groups in total. The van der Waals surface area contributed by atoms with Gasteiger partial charge < -0.3 is 18.9 Å². The van der Waals surface area contributed by atoms with Crippen molar-refractivity contribution in [2.45, 2.75) is 38.4 Å². The van der Waals surface area contributed by atoms with Gasteiger partial charge >= 0.3 is 11.9 Å². The smallest absolute Gasteiger partial charge is 0.303 e. The number of ether oxygens (including phenoxy) is 4. The van der Waals surface area contributed by atoms with Crippen LogP contribution in [0, 0.1) is 12.3 Å². The number of hydrogen-bond donors (Lipinski definition) is 0. The molecule has 9 nitrogen and oxygen atoms in total. The van der Waals surface area contributed by atoms with E-state index in [1.807, 2.05) is 0 Å². The molecule has 1 aliphatic heterocycles. The lowest BCUT2D eigenvalue weighted by Crippen LogP contribution is -2.43. The van der Waals surface area contributed by atoms with Crippen LogP contribution >= 0.6 is 0 Å². The first-order valence-corrected chi connectivity index (χ1v) is 6.73. The summed E-state index contributed by atoms with van der Waals surface area (Å²) in [4.78, 5) is 24.6. The number of esters is 2. The highest BCUT2D eigenvalue weighted by molar-refractivity contribution is 5.66. The Kier molecular flexibility index (Phi) is 7.63. The summed E-state index contributed by atoms with van der Waals surface area (Å²) in [5, 5.41) is 3.34. The van der Waals surface area contributed by atoms with E-state index in [1.54, 1.807) is 6.08 Å². The normalized spacial score (nSPS) is 24.0. The van der Waals surface area contributed by atoms with Gasteiger partial charge in [0.15, 0.2) is 6.29 Å². The zero-order valence-electron chi connectivity index (χ0n) is 12.7. The van der Waals surface area contributed by atoms with Crippen molar-refractivity contribution < 1.29 is 28.5 Å². The Morgan fingerprint density at radius 2 is 2.17 bits per heavy atom. The molecule has 0 aromatic carbocycles. The van der Waals surface area contributed by atoms with E-state index in [0.717, 1.165) is 0 Å². The van der Waals surface area contributed by atoms with E-state index < -0.39 is 36.5 Å². The Balaban J connectivity index is 2.73. The first kappa shape index (κ1) is 18.5. The molecule has 0 saturated carbocycles. The average Bonchev–Trinajstić information content (AvgIpc) is 2.50. The molecule has 1 rings (SSSR count). The predicted molar refractivity (Wildman–Crippen MR) is 77.7 cm³/mol. The van der Waals surface area contributed by atoms with Crippen LogP contribution in [0.2, 0.25) is 0 Å². The molecule has 1 heterocycles. The van der Waals surface area contributed by atoms with E-state index >= 15 is 0 Å². The predicted octanol–water partition coefficient (Wildman–Crippen LogP) is 1.09. The second-order valence-electron chi connectivity index (χ2n) is 4.51. The summed E-state index contributed by atoms with van der Waals surface area (Å²) in [5.74, 6) is 1.33. The summed E-state index contributed by atoms with van der Waals surface area (Å²) in [6, 6.07) is 0. The van der Waals surface area contributed by atoms with Gasteiger partial charge in [0.2, 0.25) is 0 Å². The van der Waals surface area contributed by atoms with Gasteiger partial charge in [0.25, 0.3) is 0 Å². The highest BCUT2D eigenvalue weighted by atomic mass is 16.7. The van der Waals surface area contributed by atoms with Crippen molar-refractivity contribution in [2.24, 2.45) is 5.11 Å². The monoisotopic (exact) mass is 323 g/mol. The minimum Gasteiger partial charge on any atom is -0.463 e. The number of azide groups is 1. The van der Waals surface area contributed by atoms with Gasteiger partial charge in [0, 0.05) is 18.8 Å². The van der Waals surface area contributed by atoms with Crippen molar-refractivity contribution >= 4 is 11.9 Å². The summed E-state index contributed by atoms with van der Waals surface area (Å²) in [6.07, 6.45) is 5.27. The van der Waals surface area contributed by atoms with Gasteiger partial charge in [0.05, 0.1) is 6.54 Å². The molecule has 0 aromatic rings. The number of nitrogens with zero attached hydrogens (tertiary/aromatic N) is 3. The van der Waals surface area contributed by atoms with Crippen molar-refractivity contribution in [2.75, 3.05) is 13.2 Å². The molecule has 0 spiro atoms. The van der Waals surface area contributed by atoms with Gasteiger partial charge in [-0.05, 0) is 17.7 Å². The lowest BCUT2D eigenvalue weighted by Gasteiger charge is -2.32. The Morgan fingerprint density at radius 1 is 1.43 bits per heavy atom. The van der Waals surface area contributed by atoms with Crippen molar-refractivity contribution in [3.05, 3.63) is 22.6 Å². The minimum atomic E-state index is -0.850. The third kappa shape index (κ3) is 6.84. The summed E-state index contributed by atoms with van der Waals surface area (Å²) in [6.45, 7) is 2.34. The summed E-state index contributed by atoms with van der Waals surface area (Å²) >= 11 is 0. The maximum absolute atomic E-state index is 11.1. The summed E-state index contributed by atoms with van der Waals surface area (Å²) in [5.41, 5.74) is 8.29. The molecular weight excluding hydrogens is 306 g/mol.